The summed E-state index contributed by atoms with van der Waals surface area (Å²) < 4.78 is 0. The van der Waals surface area contributed by atoms with Gasteiger partial charge in [0.2, 0.25) is 5.91 Å². The van der Waals surface area contributed by atoms with Crippen molar-refractivity contribution in [3.63, 3.8) is 0 Å². The summed E-state index contributed by atoms with van der Waals surface area (Å²) in [5.41, 5.74) is 3.48. The third kappa shape index (κ3) is 4.92. The van der Waals surface area contributed by atoms with E-state index < -0.39 is 0 Å². The van der Waals surface area contributed by atoms with Crippen LogP contribution in [0.1, 0.15) is 25.0 Å². The van der Waals surface area contributed by atoms with Crippen molar-refractivity contribution in [1.82, 2.24) is 5.32 Å². The van der Waals surface area contributed by atoms with Gasteiger partial charge in [-0.25, -0.2) is 0 Å². The van der Waals surface area contributed by atoms with Gasteiger partial charge in [0.15, 0.2) is 0 Å². The number of rotatable bonds is 6. The quantitative estimate of drug-likeness (QED) is 0.884. The van der Waals surface area contributed by atoms with Crippen LogP contribution in [0.2, 0.25) is 0 Å². The highest BCUT2D eigenvalue weighted by molar-refractivity contribution is 5.81. The lowest BCUT2D eigenvalue weighted by atomic mass is 10.1. The van der Waals surface area contributed by atoms with Gasteiger partial charge >= 0.3 is 0 Å². The lowest BCUT2D eigenvalue weighted by Gasteiger charge is -2.25. The highest BCUT2D eigenvalue weighted by atomic mass is 16.2. The first kappa shape index (κ1) is 16.1. The van der Waals surface area contributed by atoms with E-state index in [1.165, 1.54) is 11.1 Å². The van der Waals surface area contributed by atoms with E-state index in [0.29, 0.717) is 6.54 Å². The van der Waals surface area contributed by atoms with Crippen LogP contribution in [0.3, 0.4) is 0 Å². The van der Waals surface area contributed by atoms with Gasteiger partial charge in [-0.05, 0) is 38.5 Å². The summed E-state index contributed by atoms with van der Waals surface area (Å²) >= 11 is 0. The van der Waals surface area contributed by atoms with Gasteiger partial charge in [0.05, 0.1) is 6.54 Å². The van der Waals surface area contributed by atoms with Crippen LogP contribution in [0.15, 0.2) is 54.6 Å². The summed E-state index contributed by atoms with van der Waals surface area (Å²) in [5, 5.41) is 2.96. The molecule has 0 bridgehead atoms. The van der Waals surface area contributed by atoms with Gasteiger partial charge in [-0.2, -0.15) is 0 Å². The van der Waals surface area contributed by atoms with Crippen molar-refractivity contribution in [1.29, 1.82) is 0 Å². The molecule has 22 heavy (non-hydrogen) atoms. The predicted octanol–water partition coefficient (Wildman–Crippen LogP) is 3.53. The largest absolute Gasteiger partial charge is 0.358 e. The number of nitrogens with one attached hydrogen (secondary N) is 1. The number of carbonyl (C=O) groups is 1. The Bertz CT molecular complexity index is 591. The maximum Gasteiger partial charge on any atom is 0.239 e. The SMILES string of the molecule is Cc1ccc(N(CC(=O)NC(C)C)Cc2ccccc2)cc1. The average Bonchev–Trinajstić information content (AvgIpc) is 2.47. The van der Waals surface area contributed by atoms with Crippen molar-refractivity contribution in [2.45, 2.75) is 33.4 Å². The molecule has 0 fully saturated rings. The van der Waals surface area contributed by atoms with Crippen LogP contribution in [-0.2, 0) is 11.3 Å². The maximum atomic E-state index is 12.1. The minimum absolute atomic E-state index is 0.0477. The van der Waals surface area contributed by atoms with E-state index in [0.717, 1.165) is 12.2 Å². The van der Waals surface area contributed by atoms with E-state index in [2.05, 4.69) is 53.5 Å². The van der Waals surface area contributed by atoms with Crippen LogP contribution in [0.4, 0.5) is 5.69 Å². The lowest BCUT2D eigenvalue weighted by molar-refractivity contribution is -0.120. The van der Waals surface area contributed by atoms with Crippen molar-refractivity contribution in [2.75, 3.05) is 11.4 Å². The van der Waals surface area contributed by atoms with E-state index in [1.807, 2.05) is 32.0 Å². The van der Waals surface area contributed by atoms with E-state index >= 15 is 0 Å². The first-order chi connectivity index (χ1) is 10.5. The van der Waals surface area contributed by atoms with Crippen LogP contribution in [-0.4, -0.2) is 18.5 Å². The number of amides is 1. The molecule has 1 amide bonds. The zero-order chi connectivity index (χ0) is 15.9. The second kappa shape index (κ2) is 7.64. The van der Waals surface area contributed by atoms with E-state index in [-0.39, 0.29) is 11.9 Å². The normalized spacial score (nSPS) is 10.5. The molecule has 0 saturated carbocycles. The van der Waals surface area contributed by atoms with Crippen molar-refractivity contribution >= 4 is 11.6 Å². The molecule has 0 heterocycles. The standard InChI is InChI=1S/C19H24N2O/c1-15(2)20-19(22)14-21(13-17-7-5-4-6-8-17)18-11-9-16(3)10-12-18/h4-12,15H,13-14H2,1-3H3,(H,20,22). The highest BCUT2D eigenvalue weighted by Gasteiger charge is 2.13. The number of nitrogens with zero attached hydrogens (tertiary/aromatic N) is 1. The van der Waals surface area contributed by atoms with Crippen LogP contribution < -0.4 is 10.2 Å². The molecule has 0 atom stereocenters. The van der Waals surface area contributed by atoms with Crippen molar-refractivity contribution in [3.8, 4) is 0 Å². The second-order valence-corrected chi connectivity index (χ2v) is 5.90. The molecule has 0 aromatic heterocycles. The number of aryl methyl sites for hydroxylation is 1. The topological polar surface area (TPSA) is 32.3 Å². The molecule has 2 rings (SSSR count). The number of carbonyl (C=O) groups excluding carboxylic acids is 1. The van der Waals surface area contributed by atoms with Crippen molar-refractivity contribution < 1.29 is 4.79 Å². The molecule has 2 aromatic rings. The van der Waals surface area contributed by atoms with Gasteiger partial charge in [0.1, 0.15) is 0 Å². The van der Waals surface area contributed by atoms with Gasteiger partial charge in [-0.15, -0.1) is 0 Å². The Morgan fingerprint density at radius 1 is 1.05 bits per heavy atom. The van der Waals surface area contributed by atoms with Crippen LogP contribution in [0, 0.1) is 6.92 Å². The Morgan fingerprint density at radius 3 is 2.27 bits per heavy atom. The summed E-state index contributed by atoms with van der Waals surface area (Å²) in [6.07, 6.45) is 0. The minimum Gasteiger partial charge on any atom is -0.358 e. The fraction of sp³-hybridized carbons (Fsp3) is 0.316. The Kier molecular flexibility index (Phi) is 5.59. The fourth-order valence-electron chi connectivity index (χ4n) is 2.34. The summed E-state index contributed by atoms with van der Waals surface area (Å²) in [7, 11) is 0. The molecule has 1 N–H and O–H groups in total. The van der Waals surface area contributed by atoms with Gasteiger partial charge in [-0.1, -0.05) is 48.0 Å². The molecule has 3 nitrogen and oxygen atoms in total. The van der Waals surface area contributed by atoms with Crippen molar-refractivity contribution in [2.24, 2.45) is 0 Å². The molecule has 116 valence electrons. The van der Waals surface area contributed by atoms with Crippen LogP contribution >= 0.6 is 0 Å². The molecule has 0 aliphatic heterocycles. The summed E-state index contributed by atoms with van der Waals surface area (Å²) in [5.74, 6) is 0.0477. The van der Waals surface area contributed by atoms with Gasteiger partial charge in [-0.3, -0.25) is 4.79 Å². The van der Waals surface area contributed by atoms with Crippen molar-refractivity contribution in [3.05, 3.63) is 65.7 Å². The molecular formula is C19H24N2O. The second-order valence-electron chi connectivity index (χ2n) is 5.90. The fourth-order valence-corrected chi connectivity index (χ4v) is 2.34. The number of hydrogen-bond acceptors (Lipinski definition) is 2. The monoisotopic (exact) mass is 296 g/mol. The number of hydrogen-bond donors (Lipinski definition) is 1. The summed E-state index contributed by atoms with van der Waals surface area (Å²) in [4.78, 5) is 14.2. The Labute approximate surface area is 133 Å². The number of benzene rings is 2. The third-order valence-electron chi connectivity index (χ3n) is 3.40. The van der Waals surface area contributed by atoms with Crippen LogP contribution in [0.25, 0.3) is 0 Å². The summed E-state index contributed by atoms with van der Waals surface area (Å²) in [6, 6.07) is 18.7. The molecule has 2 aromatic carbocycles. The molecule has 0 aliphatic carbocycles. The van der Waals surface area contributed by atoms with E-state index in [9.17, 15) is 4.79 Å². The van der Waals surface area contributed by atoms with Gasteiger partial charge in [0.25, 0.3) is 0 Å². The first-order valence-electron chi connectivity index (χ1n) is 7.69. The predicted molar refractivity (Wildman–Crippen MR) is 91.9 cm³/mol. The molecule has 0 unspecified atom stereocenters. The molecular weight excluding hydrogens is 272 g/mol. The zero-order valence-corrected chi connectivity index (χ0v) is 13.5. The maximum absolute atomic E-state index is 12.1. The molecule has 0 saturated heterocycles. The molecule has 0 spiro atoms. The van der Waals surface area contributed by atoms with E-state index in [4.69, 9.17) is 0 Å². The van der Waals surface area contributed by atoms with Gasteiger partial charge in [0, 0.05) is 18.3 Å². The molecule has 0 radical (unpaired) electrons. The van der Waals surface area contributed by atoms with Crippen LogP contribution in [0.5, 0.6) is 0 Å². The minimum atomic E-state index is 0.0477. The third-order valence-corrected chi connectivity index (χ3v) is 3.40. The smallest absolute Gasteiger partial charge is 0.239 e. The highest BCUT2D eigenvalue weighted by Crippen LogP contribution is 2.17. The average molecular weight is 296 g/mol. The molecule has 0 aliphatic rings. The molecule has 3 heteroatoms. The first-order valence-corrected chi connectivity index (χ1v) is 7.69. The Morgan fingerprint density at radius 2 is 1.68 bits per heavy atom. The number of anilines is 1. The zero-order valence-electron chi connectivity index (χ0n) is 13.5. The van der Waals surface area contributed by atoms with E-state index in [1.54, 1.807) is 0 Å². The summed E-state index contributed by atoms with van der Waals surface area (Å²) in [6.45, 7) is 7.10. The van der Waals surface area contributed by atoms with Gasteiger partial charge < -0.3 is 10.2 Å². The Hall–Kier alpha value is -2.29. The Balaban J connectivity index is 2.16. The lowest BCUT2D eigenvalue weighted by Crippen LogP contribution is -2.40.